The molecule has 0 radical (unpaired) electrons. The summed E-state index contributed by atoms with van der Waals surface area (Å²) in [5.74, 6) is -0.143. The molecular weight excluding hydrogens is 308 g/mol. The van der Waals surface area contributed by atoms with Gasteiger partial charge in [-0.2, -0.15) is 0 Å². The molecule has 1 aliphatic heterocycles. The maximum Gasteiger partial charge on any atom is 0.305 e. The van der Waals surface area contributed by atoms with Crippen molar-refractivity contribution in [2.75, 3.05) is 7.11 Å². The third-order valence-corrected chi connectivity index (χ3v) is 4.88. The van der Waals surface area contributed by atoms with Gasteiger partial charge in [0.05, 0.1) is 31.5 Å². The predicted octanol–water partition coefficient (Wildman–Crippen LogP) is 3.35. The van der Waals surface area contributed by atoms with Crippen LogP contribution in [0.2, 0.25) is 0 Å². The van der Waals surface area contributed by atoms with E-state index in [1.807, 2.05) is 0 Å². The van der Waals surface area contributed by atoms with Crippen molar-refractivity contribution in [1.82, 2.24) is 0 Å². The monoisotopic (exact) mass is 344 g/mol. The second-order valence-electron chi connectivity index (χ2n) is 6.96. The van der Waals surface area contributed by atoms with Crippen LogP contribution in [0.3, 0.4) is 0 Å². The van der Waals surface area contributed by atoms with Gasteiger partial charge in [-0.15, -0.1) is 0 Å². The van der Waals surface area contributed by atoms with E-state index in [0.717, 1.165) is 64.2 Å². The molecule has 0 bridgehead atoms. The Hall–Kier alpha value is -0.650. The maximum absolute atomic E-state index is 11.0. The molecule has 0 amide bonds. The molecule has 1 saturated heterocycles. The highest BCUT2D eigenvalue weighted by Crippen LogP contribution is 2.28. The van der Waals surface area contributed by atoms with Crippen molar-refractivity contribution in [2.45, 2.75) is 108 Å². The van der Waals surface area contributed by atoms with Crippen LogP contribution >= 0.6 is 0 Å². The van der Waals surface area contributed by atoms with Crippen molar-refractivity contribution in [2.24, 2.45) is 0 Å². The van der Waals surface area contributed by atoms with Gasteiger partial charge in [0, 0.05) is 12.8 Å². The predicted molar refractivity (Wildman–Crippen MR) is 93.8 cm³/mol. The minimum Gasteiger partial charge on any atom is -0.469 e. The van der Waals surface area contributed by atoms with Gasteiger partial charge >= 0.3 is 5.97 Å². The number of hydrogen-bond donors (Lipinski definition) is 2. The van der Waals surface area contributed by atoms with Gasteiger partial charge in [-0.1, -0.05) is 51.9 Å². The average Bonchev–Trinajstić information content (AvgIpc) is 2.95. The molecule has 2 N–H and O–H groups in total. The van der Waals surface area contributed by atoms with Gasteiger partial charge in [0.1, 0.15) is 0 Å². The molecule has 1 heterocycles. The number of rotatable bonds is 13. The number of carbonyl (C=O) groups excluding carboxylic acids is 1. The highest BCUT2D eigenvalue weighted by Gasteiger charge is 2.36. The van der Waals surface area contributed by atoms with E-state index in [1.165, 1.54) is 7.11 Å². The standard InChI is InChI=1S/C19H36O5/c1-3-4-8-12-17-16(21)14-18(24-17)15(20)11-9-6-5-7-10-13-19(22)23-2/h15-18,20-21H,3-14H2,1-2H3/t15-,16-,17-,18-/m0/s1. The van der Waals surface area contributed by atoms with Gasteiger partial charge in [-0.25, -0.2) is 0 Å². The van der Waals surface area contributed by atoms with Gasteiger partial charge in [-0.3, -0.25) is 4.79 Å². The molecule has 5 heteroatoms. The molecular formula is C19H36O5. The number of carbonyl (C=O) groups is 1. The number of esters is 1. The third-order valence-electron chi connectivity index (χ3n) is 4.88. The molecule has 0 unspecified atom stereocenters. The van der Waals surface area contributed by atoms with Gasteiger partial charge in [0.15, 0.2) is 0 Å². The molecule has 142 valence electrons. The third kappa shape index (κ3) is 8.45. The molecule has 0 aliphatic carbocycles. The van der Waals surface area contributed by atoms with E-state index in [-0.39, 0.29) is 18.2 Å². The van der Waals surface area contributed by atoms with Gasteiger partial charge in [0.2, 0.25) is 0 Å². The van der Waals surface area contributed by atoms with Crippen LogP contribution in [0.1, 0.15) is 84.0 Å². The topological polar surface area (TPSA) is 76.0 Å². The van der Waals surface area contributed by atoms with Crippen LogP contribution in [0.25, 0.3) is 0 Å². The summed E-state index contributed by atoms with van der Waals surface area (Å²) in [4.78, 5) is 11.0. The largest absolute Gasteiger partial charge is 0.469 e. The fraction of sp³-hybridized carbons (Fsp3) is 0.947. The van der Waals surface area contributed by atoms with E-state index < -0.39 is 12.2 Å². The Morgan fingerprint density at radius 2 is 1.88 bits per heavy atom. The van der Waals surface area contributed by atoms with Gasteiger partial charge in [0.25, 0.3) is 0 Å². The Labute approximate surface area is 146 Å². The molecule has 4 atom stereocenters. The first-order valence-electron chi connectivity index (χ1n) is 9.66. The Kier molecular flexibility index (Phi) is 11.3. The quantitative estimate of drug-likeness (QED) is 0.396. The lowest BCUT2D eigenvalue weighted by Crippen LogP contribution is -2.26. The highest BCUT2D eigenvalue weighted by molar-refractivity contribution is 5.68. The van der Waals surface area contributed by atoms with E-state index in [1.54, 1.807) is 0 Å². The lowest BCUT2D eigenvalue weighted by atomic mass is 10.0. The van der Waals surface area contributed by atoms with Crippen LogP contribution in [-0.2, 0) is 14.3 Å². The van der Waals surface area contributed by atoms with Crippen LogP contribution in [-0.4, -0.2) is 47.7 Å². The summed E-state index contributed by atoms with van der Waals surface area (Å²) < 4.78 is 10.5. The molecule has 1 aliphatic rings. The number of methoxy groups -OCH3 is 1. The molecule has 0 spiro atoms. The molecule has 0 aromatic carbocycles. The minimum absolute atomic E-state index is 0.102. The summed E-state index contributed by atoms with van der Waals surface area (Å²) in [5.41, 5.74) is 0. The molecule has 5 nitrogen and oxygen atoms in total. The number of aliphatic hydroxyl groups excluding tert-OH is 2. The van der Waals surface area contributed by atoms with Crippen molar-refractivity contribution in [1.29, 1.82) is 0 Å². The summed E-state index contributed by atoms with van der Waals surface area (Å²) in [6.45, 7) is 2.16. The van der Waals surface area contributed by atoms with E-state index in [4.69, 9.17) is 4.74 Å². The Morgan fingerprint density at radius 1 is 1.17 bits per heavy atom. The van der Waals surface area contributed by atoms with Crippen molar-refractivity contribution >= 4 is 5.97 Å². The lowest BCUT2D eigenvalue weighted by molar-refractivity contribution is -0.140. The van der Waals surface area contributed by atoms with Crippen LogP contribution in [0, 0.1) is 0 Å². The molecule has 0 aromatic rings. The second kappa shape index (κ2) is 12.7. The zero-order chi connectivity index (χ0) is 17.8. The molecule has 24 heavy (non-hydrogen) atoms. The first kappa shape index (κ1) is 21.4. The van der Waals surface area contributed by atoms with Crippen LogP contribution < -0.4 is 0 Å². The Bertz CT molecular complexity index is 334. The summed E-state index contributed by atoms with van der Waals surface area (Å²) in [5, 5.41) is 20.3. The summed E-state index contributed by atoms with van der Waals surface area (Å²) in [6, 6.07) is 0. The second-order valence-corrected chi connectivity index (χ2v) is 6.96. The minimum atomic E-state index is -0.481. The number of unbranched alkanes of at least 4 members (excludes halogenated alkanes) is 6. The maximum atomic E-state index is 11.0. The molecule has 0 saturated carbocycles. The van der Waals surface area contributed by atoms with Gasteiger partial charge < -0.3 is 19.7 Å². The summed E-state index contributed by atoms with van der Waals surface area (Å²) >= 11 is 0. The number of ether oxygens (including phenoxy) is 2. The first-order chi connectivity index (χ1) is 11.6. The van der Waals surface area contributed by atoms with E-state index in [0.29, 0.717) is 12.8 Å². The smallest absolute Gasteiger partial charge is 0.305 e. The van der Waals surface area contributed by atoms with Gasteiger partial charge in [-0.05, 0) is 19.3 Å². The fourth-order valence-electron chi connectivity index (χ4n) is 3.31. The summed E-state index contributed by atoms with van der Waals surface area (Å²) in [6.07, 6.45) is 9.78. The van der Waals surface area contributed by atoms with Crippen LogP contribution in [0.5, 0.6) is 0 Å². The normalized spacial score (nSPS) is 24.9. The molecule has 1 rings (SSSR count). The fourth-order valence-corrected chi connectivity index (χ4v) is 3.31. The molecule has 0 aromatic heterocycles. The van der Waals surface area contributed by atoms with E-state index >= 15 is 0 Å². The summed E-state index contributed by atoms with van der Waals surface area (Å²) in [7, 11) is 1.42. The Morgan fingerprint density at radius 3 is 2.58 bits per heavy atom. The van der Waals surface area contributed by atoms with Crippen molar-refractivity contribution < 1.29 is 24.5 Å². The zero-order valence-corrected chi connectivity index (χ0v) is 15.4. The molecule has 1 fully saturated rings. The number of aliphatic hydroxyl groups is 2. The van der Waals surface area contributed by atoms with E-state index in [2.05, 4.69) is 11.7 Å². The van der Waals surface area contributed by atoms with Crippen LogP contribution in [0.4, 0.5) is 0 Å². The zero-order valence-electron chi connectivity index (χ0n) is 15.4. The van der Waals surface area contributed by atoms with Crippen molar-refractivity contribution in [3.63, 3.8) is 0 Å². The van der Waals surface area contributed by atoms with Crippen LogP contribution in [0.15, 0.2) is 0 Å². The lowest BCUT2D eigenvalue weighted by Gasteiger charge is -2.19. The average molecular weight is 344 g/mol. The first-order valence-corrected chi connectivity index (χ1v) is 9.66. The number of hydrogen-bond acceptors (Lipinski definition) is 5. The SMILES string of the molecule is CCCCC[C@@H]1O[C@H]([C@@H](O)CCCCCCCC(=O)OC)C[C@@H]1O. The van der Waals surface area contributed by atoms with E-state index in [9.17, 15) is 15.0 Å². The van der Waals surface area contributed by atoms with Crippen molar-refractivity contribution in [3.05, 3.63) is 0 Å². The Balaban J connectivity index is 2.06. The van der Waals surface area contributed by atoms with Crippen molar-refractivity contribution in [3.8, 4) is 0 Å². The highest BCUT2D eigenvalue weighted by atomic mass is 16.5.